The van der Waals surface area contributed by atoms with Crippen molar-refractivity contribution in [2.45, 2.75) is 38.0 Å². The first-order valence-corrected chi connectivity index (χ1v) is 9.06. The van der Waals surface area contributed by atoms with Crippen molar-refractivity contribution in [3.05, 3.63) is 18.2 Å². The predicted molar refractivity (Wildman–Crippen MR) is 86.9 cm³/mol. The molecule has 0 amide bonds. The van der Waals surface area contributed by atoms with E-state index in [0.29, 0.717) is 18.2 Å². The molecule has 0 spiro atoms. The molecule has 118 valence electrons. The molecule has 1 saturated heterocycles. The zero-order valence-corrected chi connectivity index (χ0v) is 13.6. The van der Waals surface area contributed by atoms with Gasteiger partial charge in [0.2, 0.25) is 10.0 Å². The van der Waals surface area contributed by atoms with E-state index in [2.05, 4.69) is 16.5 Å². The van der Waals surface area contributed by atoms with Crippen LogP contribution in [0.1, 0.15) is 33.1 Å². The Bertz CT molecular complexity index is 587. The fourth-order valence-electron chi connectivity index (χ4n) is 2.74. The Labute approximate surface area is 127 Å². The van der Waals surface area contributed by atoms with Crippen LogP contribution in [0.3, 0.4) is 0 Å². The first-order valence-electron chi connectivity index (χ1n) is 7.58. The number of hydrogen-bond acceptors (Lipinski definition) is 4. The summed E-state index contributed by atoms with van der Waals surface area (Å²) in [4.78, 5) is 2.50. The molecule has 0 aromatic heterocycles. The van der Waals surface area contributed by atoms with Gasteiger partial charge in [0, 0.05) is 19.6 Å². The van der Waals surface area contributed by atoms with Crippen LogP contribution in [0.5, 0.6) is 0 Å². The molecule has 5 nitrogen and oxygen atoms in total. The van der Waals surface area contributed by atoms with Crippen LogP contribution in [0.4, 0.5) is 11.4 Å². The molecule has 1 aromatic carbocycles. The number of nitrogens with two attached hydrogens (primary N) is 1. The molecule has 0 bridgehead atoms. The maximum atomic E-state index is 12.1. The van der Waals surface area contributed by atoms with E-state index in [9.17, 15) is 8.42 Å². The topological polar surface area (TPSA) is 75.4 Å². The number of nitrogens with one attached hydrogen (secondary N) is 1. The van der Waals surface area contributed by atoms with Crippen molar-refractivity contribution in [3.63, 3.8) is 0 Å². The molecule has 3 N–H and O–H groups in total. The highest BCUT2D eigenvalue weighted by molar-refractivity contribution is 7.89. The van der Waals surface area contributed by atoms with Gasteiger partial charge < -0.3 is 10.6 Å². The monoisotopic (exact) mass is 311 g/mol. The summed E-state index contributed by atoms with van der Waals surface area (Å²) < 4.78 is 26.8. The molecule has 0 aliphatic carbocycles. The number of anilines is 2. The van der Waals surface area contributed by atoms with Crippen LogP contribution in [0, 0.1) is 5.92 Å². The average molecular weight is 311 g/mol. The van der Waals surface area contributed by atoms with Crippen LogP contribution in [0.25, 0.3) is 0 Å². The zero-order chi connectivity index (χ0) is 15.5. The lowest BCUT2D eigenvalue weighted by atomic mass is 10.0. The third-order valence-electron chi connectivity index (χ3n) is 4.00. The lowest BCUT2D eigenvalue weighted by Crippen LogP contribution is -2.27. The number of sulfonamides is 1. The standard InChI is InChI=1S/C15H25N3O2S/c1-3-17-21(19,20)13-6-7-14(16)15(11-13)18-9-4-5-12(2)8-10-18/h6-7,11-12,17H,3-5,8-10,16H2,1-2H3. The van der Waals surface area contributed by atoms with E-state index in [-0.39, 0.29) is 4.90 Å². The Kier molecular flexibility index (Phi) is 5.11. The summed E-state index contributed by atoms with van der Waals surface area (Å²) in [5, 5.41) is 0. The Morgan fingerprint density at radius 3 is 2.81 bits per heavy atom. The van der Waals surface area contributed by atoms with Gasteiger partial charge in [0.25, 0.3) is 0 Å². The van der Waals surface area contributed by atoms with Gasteiger partial charge in [-0.05, 0) is 43.4 Å². The van der Waals surface area contributed by atoms with Crippen LogP contribution in [-0.2, 0) is 10.0 Å². The maximum Gasteiger partial charge on any atom is 0.240 e. The Morgan fingerprint density at radius 2 is 2.10 bits per heavy atom. The third-order valence-corrected chi connectivity index (χ3v) is 5.55. The van der Waals surface area contributed by atoms with Gasteiger partial charge in [0.1, 0.15) is 0 Å². The van der Waals surface area contributed by atoms with Crippen molar-refractivity contribution < 1.29 is 8.42 Å². The second-order valence-electron chi connectivity index (χ2n) is 5.75. The van der Waals surface area contributed by atoms with E-state index in [0.717, 1.165) is 31.6 Å². The summed E-state index contributed by atoms with van der Waals surface area (Å²) in [6.07, 6.45) is 3.44. The minimum Gasteiger partial charge on any atom is -0.397 e. The fraction of sp³-hybridized carbons (Fsp3) is 0.600. The second kappa shape index (κ2) is 6.66. The van der Waals surface area contributed by atoms with Crippen molar-refractivity contribution in [1.82, 2.24) is 4.72 Å². The van der Waals surface area contributed by atoms with Gasteiger partial charge in [-0.15, -0.1) is 0 Å². The molecule has 1 aliphatic rings. The van der Waals surface area contributed by atoms with E-state index < -0.39 is 10.0 Å². The Hall–Kier alpha value is -1.27. The smallest absolute Gasteiger partial charge is 0.240 e. The molecular formula is C15H25N3O2S. The molecule has 0 saturated carbocycles. The van der Waals surface area contributed by atoms with Crippen LogP contribution in [0.15, 0.2) is 23.1 Å². The number of rotatable bonds is 4. The van der Waals surface area contributed by atoms with Gasteiger partial charge >= 0.3 is 0 Å². The third kappa shape index (κ3) is 3.89. The number of nitrogens with zero attached hydrogens (tertiary/aromatic N) is 1. The van der Waals surface area contributed by atoms with Gasteiger partial charge in [0.15, 0.2) is 0 Å². The Balaban J connectivity index is 2.31. The first kappa shape index (κ1) is 16.1. The SMILES string of the molecule is CCNS(=O)(=O)c1ccc(N)c(N2CCCC(C)CC2)c1. The van der Waals surface area contributed by atoms with Crippen molar-refractivity contribution >= 4 is 21.4 Å². The van der Waals surface area contributed by atoms with E-state index in [4.69, 9.17) is 5.73 Å². The zero-order valence-electron chi connectivity index (χ0n) is 12.8. The molecular weight excluding hydrogens is 286 g/mol. The molecule has 6 heteroatoms. The molecule has 1 atom stereocenters. The average Bonchev–Trinajstić information content (AvgIpc) is 2.64. The quantitative estimate of drug-likeness (QED) is 0.836. The summed E-state index contributed by atoms with van der Waals surface area (Å²) in [6, 6.07) is 4.95. The van der Waals surface area contributed by atoms with Crippen LogP contribution in [-0.4, -0.2) is 28.1 Å². The van der Waals surface area contributed by atoms with Gasteiger partial charge in [-0.2, -0.15) is 0 Å². The minimum atomic E-state index is -3.44. The molecule has 1 unspecified atom stereocenters. The summed E-state index contributed by atoms with van der Waals surface area (Å²) >= 11 is 0. The van der Waals surface area contributed by atoms with E-state index in [1.807, 2.05) is 0 Å². The fourth-order valence-corrected chi connectivity index (χ4v) is 3.80. The molecule has 1 heterocycles. The summed E-state index contributed by atoms with van der Waals surface area (Å²) in [5.74, 6) is 0.713. The second-order valence-corrected chi connectivity index (χ2v) is 7.51. The largest absolute Gasteiger partial charge is 0.397 e. The van der Waals surface area contributed by atoms with Gasteiger partial charge in [-0.3, -0.25) is 0 Å². The van der Waals surface area contributed by atoms with Crippen LogP contribution >= 0.6 is 0 Å². The summed E-state index contributed by atoms with van der Waals surface area (Å²) in [7, 11) is -3.44. The molecule has 2 rings (SSSR count). The summed E-state index contributed by atoms with van der Waals surface area (Å²) in [5.41, 5.74) is 7.54. The van der Waals surface area contributed by atoms with Crippen LogP contribution < -0.4 is 15.4 Å². The number of hydrogen-bond donors (Lipinski definition) is 2. The lowest BCUT2D eigenvalue weighted by molar-refractivity contribution is 0.521. The Morgan fingerprint density at radius 1 is 1.33 bits per heavy atom. The maximum absolute atomic E-state index is 12.1. The highest BCUT2D eigenvalue weighted by Gasteiger charge is 2.19. The highest BCUT2D eigenvalue weighted by atomic mass is 32.2. The number of nitrogen functional groups attached to an aromatic ring is 1. The minimum absolute atomic E-state index is 0.283. The molecule has 0 radical (unpaired) electrons. The van der Waals surface area contributed by atoms with E-state index in [1.165, 1.54) is 6.42 Å². The van der Waals surface area contributed by atoms with Crippen molar-refractivity contribution in [3.8, 4) is 0 Å². The van der Waals surface area contributed by atoms with E-state index in [1.54, 1.807) is 25.1 Å². The van der Waals surface area contributed by atoms with Crippen LogP contribution in [0.2, 0.25) is 0 Å². The molecule has 1 fully saturated rings. The lowest BCUT2D eigenvalue weighted by Gasteiger charge is -2.25. The number of benzene rings is 1. The predicted octanol–water partition coefficient (Wildman–Crippen LogP) is 2.19. The van der Waals surface area contributed by atoms with Gasteiger partial charge in [0.05, 0.1) is 16.3 Å². The molecule has 1 aliphatic heterocycles. The van der Waals surface area contributed by atoms with Crippen molar-refractivity contribution in [1.29, 1.82) is 0 Å². The first-order chi connectivity index (χ1) is 9.94. The van der Waals surface area contributed by atoms with Gasteiger partial charge in [-0.25, -0.2) is 13.1 Å². The molecule has 21 heavy (non-hydrogen) atoms. The highest BCUT2D eigenvalue weighted by Crippen LogP contribution is 2.29. The molecule has 1 aromatic rings. The summed E-state index contributed by atoms with van der Waals surface area (Å²) in [6.45, 7) is 6.27. The van der Waals surface area contributed by atoms with E-state index >= 15 is 0 Å². The van der Waals surface area contributed by atoms with Crippen molar-refractivity contribution in [2.24, 2.45) is 5.92 Å². The van der Waals surface area contributed by atoms with Gasteiger partial charge in [-0.1, -0.05) is 13.8 Å². The van der Waals surface area contributed by atoms with Crippen molar-refractivity contribution in [2.75, 3.05) is 30.3 Å². The normalized spacial score (nSPS) is 20.3.